The van der Waals surface area contributed by atoms with Crippen molar-refractivity contribution in [1.29, 1.82) is 0 Å². The monoisotopic (exact) mass is 345 g/mol. The zero-order chi connectivity index (χ0) is 18.8. The maximum absolute atomic E-state index is 12.6. The van der Waals surface area contributed by atoms with Gasteiger partial charge in [0.25, 0.3) is 5.91 Å². The van der Waals surface area contributed by atoms with Crippen molar-refractivity contribution < 1.29 is 4.79 Å². The summed E-state index contributed by atoms with van der Waals surface area (Å²) >= 11 is 0. The van der Waals surface area contributed by atoms with Crippen molar-refractivity contribution in [2.45, 2.75) is 52.9 Å². The molecule has 136 valence electrons. The molecule has 2 aromatic heterocycles. The quantitative estimate of drug-likeness (QED) is 0.868. The lowest BCUT2D eigenvalue weighted by Gasteiger charge is -2.20. The Morgan fingerprint density at radius 2 is 1.96 bits per heavy atom. The first-order valence-electron chi connectivity index (χ1n) is 8.47. The van der Waals surface area contributed by atoms with Gasteiger partial charge in [-0.3, -0.25) is 9.89 Å². The highest BCUT2D eigenvalue weighted by Gasteiger charge is 2.20. The van der Waals surface area contributed by atoms with Gasteiger partial charge in [-0.1, -0.05) is 20.8 Å². The van der Waals surface area contributed by atoms with E-state index in [2.05, 4.69) is 20.2 Å². The fourth-order valence-electron chi connectivity index (χ4n) is 2.70. The van der Waals surface area contributed by atoms with Gasteiger partial charge in [-0.25, -0.2) is 4.79 Å². The van der Waals surface area contributed by atoms with E-state index in [0.717, 1.165) is 24.2 Å². The molecule has 0 aliphatic carbocycles. The van der Waals surface area contributed by atoms with Crippen LogP contribution >= 0.6 is 0 Å². The molecular formula is C18H27N5O2. The van der Waals surface area contributed by atoms with Crippen molar-refractivity contribution in [3.05, 3.63) is 44.9 Å². The van der Waals surface area contributed by atoms with Crippen LogP contribution in [0.3, 0.4) is 0 Å². The van der Waals surface area contributed by atoms with Gasteiger partial charge in [-0.05, 0) is 38.3 Å². The predicted octanol–water partition coefficient (Wildman–Crippen LogP) is 2.11. The fraction of sp³-hybridized carbons (Fsp3) is 0.556. The molecule has 0 spiro atoms. The van der Waals surface area contributed by atoms with Crippen LogP contribution in [0.15, 0.2) is 10.9 Å². The lowest BCUT2D eigenvalue weighted by atomic mass is 9.91. The van der Waals surface area contributed by atoms with E-state index in [4.69, 9.17) is 0 Å². The lowest BCUT2D eigenvalue weighted by molar-refractivity contribution is 0.0787. The molecule has 25 heavy (non-hydrogen) atoms. The summed E-state index contributed by atoms with van der Waals surface area (Å²) in [6.45, 7) is 10.5. The Morgan fingerprint density at radius 1 is 1.28 bits per heavy atom. The van der Waals surface area contributed by atoms with Crippen LogP contribution in [0.1, 0.15) is 60.3 Å². The minimum atomic E-state index is -0.492. The molecule has 2 aromatic rings. The van der Waals surface area contributed by atoms with E-state index in [1.54, 1.807) is 18.0 Å². The topological polar surface area (TPSA) is 94.7 Å². The van der Waals surface area contributed by atoms with Crippen molar-refractivity contribution >= 4 is 5.91 Å². The Labute approximate surface area is 147 Å². The zero-order valence-electron chi connectivity index (χ0n) is 15.9. The van der Waals surface area contributed by atoms with Gasteiger partial charge in [-0.2, -0.15) is 10.1 Å². The second-order valence-corrected chi connectivity index (χ2v) is 7.48. The third-order valence-electron chi connectivity index (χ3n) is 4.32. The minimum absolute atomic E-state index is 0.187. The average molecular weight is 345 g/mol. The Bertz CT molecular complexity index is 794. The number of hydrogen-bond donors (Lipinski definition) is 2. The second-order valence-electron chi connectivity index (χ2n) is 7.48. The molecule has 0 bridgehead atoms. The van der Waals surface area contributed by atoms with Crippen LogP contribution in [0, 0.1) is 13.8 Å². The van der Waals surface area contributed by atoms with Gasteiger partial charge in [0.15, 0.2) is 0 Å². The average Bonchev–Trinajstić information content (AvgIpc) is 2.84. The Hall–Kier alpha value is -2.44. The SMILES string of the molecule is Cc1n[nH]c(C)c1CCCN(C)C(=O)c1cc(C(C)(C)C)[nH]c(=O)n1. The number of H-pyrrole nitrogens is 2. The molecule has 0 atom stereocenters. The molecule has 0 fully saturated rings. The van der Waals surface area contributed by atoms with Crippen molar-refractivity contribution in [3.8, 4) is 0 Å². The smallest absolute Gasteiger partial charge is 0.340 e. The first-order chi connectivity index (χ1) is 11.6. The van der Waals surface area contributed by atoms with E-state index >= 15 is 0 Å². The van der Waals surface area contributed by atoms with Crippen molar-refractivity contribution in [3.63, 3.8) is 0 Å². The van der Waals surface area contributed by atoms with Crippen LogP contribution in [-0.2, 0) is 11.8 Å². The number of carbonyl (C=O) groups excluding carboxylic acids is 1. The lowest BCUT2D eigenvalue weighted by Crippen LogP contribution is -2.32. The molecule has 2 rings (SSSR count). The van der Waals surface area contributed by atoms with Gasteiger partial charge in [0.2, 0.25) is 0 Å². The highest BCUT2D eigenvalue weighted by atomic mass is 16.2. The van der Waals surface area contributed by atoms with Gasteiger partial charge in [0.05, 0.1) is 5.69 Å². The highest BCUT2D eigenvalue weighted by molar-refractivity contribution is 5.92. The molecule has 0 radical (unpaired) electrons. The fourth-order valence-corrected chi connectivity index (χ4v) is 2.70. The first-order valence-corrected chi connectivity index (χ1v) is 8.47. The molecular weight excluding hydrogens is 318 g/mol. The van der Waals surface area contributed by atoms with E-state index in [1.165, 1.54) is 5.56 Å². The van der Waals surface area contributed by atoms with E-state index in [9.17, 15) is 9.59 Å². The third kappa shape index (κ3) is 4.55. The van der Waals surface area contributed by atoms with Crippen molar-refractivity contribution in [2.24, 2.45) is 0 Å². The summed E-state index contributed by atoms with van der Waals surface area (Å²) in [5, 5.41) is 7.16. The van der Waals surface area contributed by atoms with Gasteiger partial charge in [-0.15, -0.1) is 0 Å². The number of hydrogen-bond acceptors (Lipinski definition) is 4. The number of nitrogens with zero attached hydrogens (tertiary/aromatic N) is 3. The van der Waals surface area contributed by atoms with Gasteiger partial charge in [0.1, 0.15) is 5.69 Å². The Kier molecular flexibility index (Phi) is 5.45. The summed E-state index contributed by atoms with van der Waals surface area (Å²) in [6, 6.07) is 1.67. The predicted molar refractivity (Wildman–Crippen MR) is 96.9 cm³/mol. The zero-order valence-corrected chi connectivity index (χ0v) is 15.9. The molecule has 0 aliphatic heterocycles. The van der Waals surface area contributed by atoms with E-state index in [1.807, 2.05) is 34.6 Å². The standard InChI is InChI=1S/C18H27N5O2/c1-11-13(12(2)22-21-11)8-7-9-23(6)16(24)14-10-15(18(3,4)5)20-17(25)19-14/h10H,7-9H2,1-6H3,(H,21,22)(H,19,20,25). The number of aryl methyl sites for hydroxylation is 2. The van der Waals surface area contributed by atoms with Crippen LogP contribution in [0.5, 0.6) is 0 Å². The molecule has 2 N–H and O–H groups in total. The molecule has 1 amide bonds. The number of carbonyl (C=O) groups is 1. The number of amides is 1. The summed E-state index contributed by atoms with van der Waals surface area (Å²) in [5.74, 6) is -0.239. The summed E-state index contributed by atoms with van der Waals surface area (Å²) < 4.78 is 0. The summed E-state index contributed by atoms with van der Waals surface area (Å²) in [4.78, 5) is 32.5. The molecule has 0 aromatic carbocycles. The second kappa shape index (κ2) is 7.21. The van der Waals surface area contributed by atoms with E-state index < -0.39 is 5.69 Å². The number of aromatic amines is 2. The van der Waals surface area contributed by atoms with Gasteiger partial charge in [0, 0.05) is 30.4 Å². The molecule has 2 heterocycles. The largest absolute Gasteiger partial charge is 0.345 e. The van der Waals surface area contributed by atoms with Gasteiger partial charge >= 0.3 is 5.69 Å². The van der Waals surface area contributed by atoms with Crippen LogP contribution in [0.4, 0.5) is 0 Å². The Balaban J connectivity index is 2.05. The molecule has 0 aliphatic rings. The summed E-state index contributed by atoms with van der Waals surface area (Å²) in [5.41, 5.74) is 3.40. The molecule has 0 saturated carbocycles. The molecule has 7 heteroatoms. The van der Waals surface area contributed by atoms with Crippen LogP contribution in [0.2, 0.25) is 0 Å². The molecule has 0 saturated heterocycles. The molecule has 0 unspecified atom stereocenters. The van der Waals surface area contributed by atoms with E-state index in [-0.39, 0.29) is 17.0 Å². The first kappa shape index (κ1) is 18.9. The highest BCUT2D eigenvalue weighted by Crippen LogP contribution is 2.19. The summed E-state index contributed by atoms with van der Waals surface area (Å²) in [6.07, 6.45) is 1.67. The maximum Gasteiger partial charge on any atom is 0.345 e. The number of rotatable bonds is 5. The van der Waals surface area contributed by atoms with Crippen LogP contribution in [0.25, 0.3) is 0 Å². The third-order valence-corrected chi connectivity index (χ3v) is 4.32. The van der Waals surface area contributed by atoms with Gasteiger partial charge < -0.3 is 9.88 Å². The normalized spacial score (nSPS) is 11.6. The minimum Gasteiger partial charge on any atom is -0.340 e. The van der Waals surface area contributed by atoms with Crippen molar-refractivity contribution in [1.82, 2.24) is 25.1 Å². The van der Waals surface area contributed by atoms with Crippen LogP contribution < -0.4 is 5.69 Å². The Morgan fingerprint density at radius 3 is 2.52 bits per heavy atom. The molecule has 7 nitrogen and oxygen atoms in total. The van der Waals surface area contributed by atoms with Crippen molar-refractivity contribution in [2.75, 3.05) is 13.6 Å². The number of nitrogens with one attached hydrogen (secondary N) is 2. The van der Waals surface area contributed by atoms with E-state index in [0.29, 0.717) is 12.2 Å². The summed E-state index contributed by atoms with van der Waals surface area (Å²) in [7, 11) is 1.73. The van der Waals surface area contributed by atoms with Crippen LogP contribution in [-0.4, -0.2) is 44.6 Å². The maximum atomic E-state index is 12.6. The number of aromatic nitrogens is 4.